The van der Waals surface area contributed by atoms with Crippen LogP contribution in [0.15, 0.2) is 24.8 Å². The minimum atomic E-state index is -0.0777. The summed E-state index contributed by atoms with van der Waals surface area (Å²) in [6.45, 7) is 7.73. The lowest BCUT2D eigenvalue weighted by molar-refractivity contribution is 0.0943. The fourth-order valence-corrected chi connectivity index (χ4v) is 2.02. The minimum Gasteiger partial charge on any atom is -0.351 e. The van der Waals surface area contributed by atoms with E-state index in [0.717, 1.165) is 18.7 Å². The first-order valence-electron chi connectivity index (χ1n) is 7.16. The lowest BCUT2D eigenvalue weighted by atomic mass is 9.92. The molecule has 0 unspecified atom stereocenters. The molecule has 2 rings (SSSR count). The summed E-state index contributed by atoms with van der Waals surface area (Å²) in [5.41, 5.74) is 1.47. The van der Waals surface area contributed by atoms with Gasteiger partial charge in [-0.1, -0.05) is 20.8 Å². The second kappa shape index (κ2) is 6.11. The van der Waals surface area contributed by atoms with Crippen molar-refractivity contribution in [2.45, 2.75) is 39.2 Å². The third kappa shape index (κ3) is 3.93. The van der Waals surface area contributed by atoms with Gasteiger partial charge in [0.05, 0.1) is 12.0 Å². The normalized spacial score (nSPS) is 11.6. The van der Waals surface area contributed by atoms with Crippen LogP contribution in [0.2, 0.25) is 0 Å². The molecule has 1 N–H and O–H groups in total. The fourth-order valence-electron chi connectivity index (χ4n) is 2.02. The average molecular weight is 289 g/mol. The van der Waals surface area contributed by atoms with E-state index >= 15 is 0 Å². The maximum absolute atomic E-state index is 12.2. The third-order valence-electron chi connectivity index (χ3n) is 3.32. The number of nitrogens with one attached hydrogen (secondary N) is 1. The van der Waals surface area contributed by atoms with Crippen molar-refractivity contribution in [1.29, 1.82) is 0 Å². The molecular formula is C15H23N5O. The Kier molecular flexibility index (Phi) is 4.45. The van der Waals surface area contributed by atoms with Crippen molar-refractivity contribution in [3.63, 3.8) is 0 Å². The van der Waals surface area contributed by atoms with Gasteiger partial charge in [-0.2, -0.15) is 5.10 Å². The molecule has 0 bridgehead atoms. The molecule has 0 atom stereocenters. The van der Waals surface area contributed by atoms with Crippen LogP contribution in [0.25, 0.3) is 0 Å². The highest BCUT2D eigenvalue weighted by atomic mass is 16.2. The van der Waals surface area contributed by atoms with Crippen LogP contribution >= 0.6 is 0 Å². The van der Waals surface area contributed by atoms with Crippen LogP contribution in [0.1, 0.15) is 43.4 Å². The van der Waals surface area contributed by atoms with Crippen LogP contribution in [0.4, 0.5) is 0 Å². The zero-order valence-electron chi connectivity index (χ0n) is 13.1. The number of hydrogen-bond acceptors (Lipinski definition) is 3. The van der Waals surface area contributed by atoms with Gasteiger partial charge in [0.15, 0.2) is 0 Å². The van der Waals surface area contributed by atoms with Gasteiger partial charge in [0.2, 0.25) is 0 Å². The monoisotopic (exact) mass is 289 g/mol. The minimum absolute atomic E-state index is 0.0578. The number of hydrogen-bond donors (Lipinski definition) is 1. The molecule has 0 fully saturated rings. The Morgan fingerprint density at radius 1 is 1.38 bits per heavy atom. The largest absolute Gasteiger partial charge is 0.351 e. The van der Waals surface area contributed by atoms with Crippen LogP contribution in [0.5, 0.6) is 0 Å². The molecular weight excluding hydrogens is 266 g/mol. The molecule has 0 saturated carbocycles. The standard InChI is InChI=1S/C15H23N5O/c1-15(2,3)13-10-12(19(4)18-13)14(21)17-6-5-8-20-9-7-16-11-20/h7,9-11H,5-6,8H2,1-4H3,(H,17,21). The van der Waals surface area contributed by atoms with Gasteiger partial charge in [-0.25, -0.2) is 4.98 Å². The van der Waals surface area contributed by atoms with Gasteiger partial charge in [0.1, 0.15) is 5.69 Å². The van der Waals surface area contributed by atoms with E-state index in [9.17, 15) is 4.79 Å². The highest BCUT2D eigenvalue weighted by Crippen LogP contribution is 2.21. The van der Waals surface area contributed by atoms with Crippen molar-refractivity contribution in [2.24, 2.45) is 7.05 Å². The second-order valence-corrected chi connectivity index (χ2v) is 6.20. The number of nitrogens with zero attached hydrogens (tertiary/aromatic N) is 4. The fraction of sp³-hybridized carbons (Fsp3) is 0.533. The number of aryl methyl sites for hydroxylation is 2. The zero-order chi connectivity index (χ0) is 15.5. The Morgan fingerprint density at radius 2 is 2.14 bits per heavy atom. The number of carbonyl (C=O) groups is 1. The number of imidazole rings is 1. The molecule has 2 heterocycles. The van der Waals surface area contributed by atoms with Gasteiger partial charge in [-0.05, 0) is 12.5 Å². The topological polar surface area (TPSA) is 64.7 Å². The summed E-state index contributed by atoms with van der Waals surface area (Å²) in [5.74, 6) is -0.0777. The Balaban J connectivity index is 1.87. The lowest BCUT2D eigenvalue weighted by Gasteiger charge is -2.13. The van der Waals surface area contributed by atoms with E-state index in [0.29, 0.717) is 12.2 Å². The molecule has 0 aliphatic rings. The Morgan fingerprint density at radius 3 is 2.71 bits per heavy atom. The maximum Gasteiger partial charge on any atom is 0.269 e. The molecule has 0 saturated heterocycles. The van der Waals surface area contributed by atoms with Crippen molar-refractivity contribution in [2.75, 3.05) is 6.54 Å². The summed E-state index contributed by atoms with van der Waals surface area (Å²) < 4.78 is 3.64. The van der Waals surface area contributed by atoms with Gasteiger partial charge >= 0.3 is 0 Å². The summed E-state index contributed by atoms with van der Waals surface area (Å²) in [4.78, 5) is 16.2. The van der Waals surface area contributed by atoms with Crippen LogP contribution in [0, 0.1) is 0 Å². The molecule has 6 heteroatoms. The summed E-state index contributed by atoms with van der Waals surface area (Å²) in [7, 11) is 1.80. The molecule has 0 aliphatic carbocycles. The van der Waals surface area contributed by atoms with E-state index in [1.54, 1.807) is 24.3 Å². The van der Waals surface area contributed by atoms with Gasteiger partial charge < -0.3 is 9.88 Å². The van der Waals surface area contributed by atoms with E-state index < -0.39 is 0 Å². The predicted molar refractivity (Wildman–Crippen MR) is 81.1 cm³/mol. The first kappa shape index (κ1) is 15.3. The van der Waals surface area contributed by atoms with E-state index in [4.69, 9.17) is 0 Å². The number of rotatable bonds is 5. The number of carbonyl (C=O) groups excluding carboxylic acids is 1. The molecule has 1 amide bonds. The highest BCUT2D eigenvalue weighted by Gasteiger charge is 2.21. The average Bonchev–Trinajstić information content (AvgIpc) is 3.02. The molecule has 0 aliphatic heterocycles. The molecule has 2 aromatic heterocycles. The van der Waals surface area contributed by atoms with Crippen LogP contribution < -0.4 is 5.32 Å². The van der Waals surface area contributed by atoms with E-state index in [1.165, 1.54) is 0 Å². The van der Waals surface area contributed by atoms with Crippen molar-refractivity contribution in [1.82, 2.24) is 24.6 Å². The molecule has 21 heavy (non-hydrogen) atoms. The SMILES string of the molecule is Cn1nc(C(C)(C)C)cc1C(=O)NCCCn1ccnc1. The van der Waals surface area contributed by atoms with Crippen molar-refractivity contribution in [3.05, 3.63) is 36.2 Å². The van der Waals surface area contributed by atoms with Gasteiger partial charge in [0, 0.05) is 37.9 Å². The van der Waals surface area contributed by atoms with Gasteiger partial charge in [0.25, 0.3) is 5.91 Å². The van der Waals surface area contributed by atoms with E-state index in [-0.39, 0.29) is 11.3 Å². The predicted octanol–water partition coefficient (Wildman–Crippen LogP) is 1.73. The molecule has 0 aromatic carbocycles. The molecule has 2 aromatic rings. The number of amides is 1. The molecule has 6 nitrogen and oxygen atoms in total. The van der Waals surface area contributed by atoms with Crippen molar-refractivity contribution in [3.8, 4) is 0 Å². The Hall–Kier alpha value is -2.11. The Labute approximate surface area is 125 Å². The summed E-state index contributed by atoms with van der Waals surface area (Å²) in [6, 6.07) is 1.87. The molecule has 0 spiro atoms. The van der Waals surface area contributed by atoms with E-state index in [2.05, 4.69) is 36.2 Å². The molecule has 114 valence electrons. The number of aromatic nitrogens is 4. The van der Waals surface area contributed by atoms with Gasteiger partial charge in [-0.3, -0.25) is 9.48 Å². The smallest absolute Gasteiger partial charge is 0.269 e. The van der Waals surface area contributed by atoms with Crippen LogP contribution in [-0.4, -0.2) is 31.8 Å². The van der Waals surface area contributed by atoms with Crippen molar-refractivity contribution >= 4 is 5.91 Å². The summed E-state index contributed by atoms with van der Waals surface area (Å²) >= 11 is 0. The first-order chi connectivity index (χ1) is 9.88. The zero-order valence-corrected chi connectivity index (χ0v) is 13.1. The summed E-state index contributed by atoms with van der Waals surface area (Å²) in [6.07, 6.45) is 6.31. The lowest BCUT2D eigenvalue weighted by Crippen LogP contribution is -2.27. The Bertz CT molecular complexity index is 592. The van der Waals surface area contributed by atoms with Crippen LogP contribution in [0.3, 0.4) is 0 Å². The quantitative estimate of drug-likeness (QED) is 0.853. The van der Waals surface area contributed by atoms with Crippen molar-refractivity contribution < 1.29 is 4.79 Å². The van der Waals surface area contributed by atoms with Gasteiger partial charge in [-0.15, -0.1) is 0 Å². The van der Waals surface area contributed by atoms with E-state index in [1.807, 2.05) is 16.8 Å². The maximum atomic E-state index is 12.2. The molecule has 0 radical (unpaired) electrons. The highest BCUT2D eigenvalue weighted by molar-refractivity contribution is 5.92. The summed E-state index contributed by atoms with van der Waals surface area (Å²) in [5, 5.41) is 7.35. The second-order valence-electron chi connectivity index (χ2n) is 6.20. The first-order valence-corrected chi connectivity index (χ1v) is 7.16. The van der Waals surface area contributed by atoms with Crippen LogP contribution in [-0.2, 0) is 19.0 Å². The third-order valence-corrected chi connectivity index (χ3v) is 3.32.